The Balaban J connectivity index is 2.01. The zero-order chi connectivity index (χ0) is 19.8. The lowest BCUT2D eigenvalue weighted by atomic mass is 9.98. The molecule has 2 N–H and O–H groups in total. The summed E-state index contributed by atoms with van der Waals surface area (Å²) in [5.74, 6) is -0.294. The van der Waals surface area contributed by atoms with Gasteiger partial charge in [-0.15, -0.1) is 0 Å². The third-order valence-corrected chi connectivity index (χ3v) is 5.40. The van der Waals surface area contributed by atoms with Gasteiger partial charge < -0.3 is 0 Å². The molecule has 1 aliphatic rings. The molecular weight excluding hydrogens is 384 g/mol. The smallest absolute Gasteiger partial charge is 0.255 e. The first kappa shape index (κ1) is 19.5. The van der Waals surface area contributed by atoms with Crippen molar-refractivity contribution in [2.45, 2.75) is 23.9 Å². The highest BCUT2D eigenvalue weighted by Crippen LogP contribution is 2.43. The Bertz CT molecular complexity index is 966. The van der Waals surface area contributed by atoms with E-state index in [0.717, 1.165) is 18.3 Å². The van der Waals surface area contributed by atoms with Crippen molar-refractivity contribution in [2.75, 3.05) is 6.67 Å². The summed E-state index contributed by atoms with van der Waals surface area (Å²) in [4.78, 5) is 3.96. The normalized spacial score (nSPS) is 18.2. The zero-order valence-electron chi connectivity index (χ0n) is 14.0. The first-order valence-electron chi connectivity index (χ1n) is 8.04. The summed E-state index contributed by atoms with van der Waals surface area (Å²) in [6.45, 7) is -0.567. The van der Waals surface area contributed by atoms with E-state index in [0.29, 0.717) is 35.2 Å². The molecule has 0 bridgehead atoms. The Morgan fingerprint density at radius 2 is 1.67 bits per heavy atom. The molecule has 0 saturated carbocycles. The standard InChI is InChI=1S/C18H16F4N2O2S/c19-9-11-7-15(12-1-3-13(4-2-12)18(20,21)22)16(8-11)17-6-5-14(10-24-17)27(23,25)26/h1-6,10-11H,7-9H2,(H2,23,25,26). The van der Waals surface area contributed by atoms with Gasteiger partial charge in [-0.25, -0.2) is 13.6 Å². The van der Waals surface area contributed by atoms with Gasteiger partial charge in [0.1, 0.15) is 4.90 Å². The molecule has 1 heterocycles. The van der Waals surface area contributed by atoms with E-state index in [1.54, 1.807) is 0 Å². The summed E-state index contributed by atoms with van der Waals surface area (Å²) in [6.07, 6.45) is -2.58. The van der Waals surface area contributed by atoms with Gasteiger partial charge in [0.2, 0.25) is 10.0 Å². The lowest BCUT2D eigenvalue weighted by Crippen LogP contribution is -2.12. The first-order valence-corrected chi connectivity index (χ1v) is 9.59. The van der Waals surface area contributed by atoms with Crippen LogP contribution in [0.5, 0.6) is 0 Å². The van der Waals surface area contributed by atoms with E-state index in [1.807, 2.05) is 0 Å². The molecule has 1 atom stereocenters. The molecule has 9 heteroatoms. The van der Waals surface area contributed by atoms with Crippen LogP contribution in [0.25, 0.3) is 11.1 Å². The number of allylic oxidation sites excluding steroid dienone is 2. The number of hydrogen-bond donors (Lipinski definition) is 1. The Morgan fingerprint density at radius 3 is 2.15 bits per heavy atom. The second-order valence-electron chi connectivity index (χ2n) is 6.38. The number of aromatic nitrogens is 1. The number of sulfonamides is 1. The van der Waals surface area contributed by atoms with Crippen molar-refractivity contribution in [1.82, 2.24) is 4.98 Å². The largest absolute Gasteiger partial charge is 0.416 e. The lowest BCUT2D eigenvalue weighted by Gasteiger charge is -2.10. The molecule has 0 saturated heterocycles. The quantitative estimate of drug-likeness (QED) is 0.788. The molecule has 1 aromatic carbocycles. The fourth-order valence-corrected chi connectivity index (χ4v) is 3.60. The maximum absolute atomic E-state index is 13.2. The van der Waals surface area contributed by atoms with Crippen LogP contribution in [0, 0.1) is 5.92 Å². The molecule has 144 valence electrons. The van der Waals surface area contributed by atoms with E-state index in [-0.39, 0.29) is 10.8 Å². The third kappa shape index (κ3) is 4.19. The molecule has 1 aromatic heterocycles. The van der Waals surface area contributed by atoms with Crippen molar-refractivity contribution in [3.8, 4) is 0 Å². The summed E-state index contributed by atoms with van der Waals surface area (Å²) in [7, 11) is -3.89. The molecule has 0 aliphatic heterocycles. The Labute approximate surface area is 153 Å². The first-order chi connectivity index (χ1) is 12.6. The minimum atomic E-state index is -4.43. The number of primary sulfonamides is 1. The monoisotopic (exact) mass is 400 g/mol. The lowest BCUT2D eigenvalue weighted by molar-refractivity contribution is -0.137. The average molecular weight is 400 g/mol. The van der Waals surface area contributed by atoms with Crippen LogP contribution in [0.15, 0.2) is 47.5 Å². The van der Waals surface area contributed by atoms with Crippen molar-refractivity contribution in [1.29, 1.82) is 0 Å². The van der Waals surface area contributed by atoms with Crippen molar-refractivity contribution in [3.63, 3.8) is 0 Å². The number of benzene rings is 1. The van der Waals surface area contributed by atoms with E-state index in [2.05, 4.69) is 4.98 Å². The van der Waals surface area contributed by atoms with Gasteiger partial charge in [0, 0.05) is 6.20 Å². The van der Waals surface area contributed by atoms with Crippen LogP contribution in [0.1, 0.15) is 29.7 Å². The summed E-state index contributed by atoms with van der Waals surface area (Å²) >= 11 is 0. The Hall–Kier alpha value is -2.26. The minimum absolute atomic E-state index is 0.150. The van der Waals surface area contributed by atoms with Gasteiger partial charge in [-0.3, -0.25) is 9.37 Å². The Morgan fingerprint density at radius 1 is 1.04 bits per heavy atom. The summed E-state index contributed by atoms with van der Waals surface area (Å²) in [5, 5.41) is 5.05. The van der Waals surface area contributed by atoms with E-state index in [1.165, 1.54) is 24.3 Å². The van der Waals surface area contributed by atoms with Crippen LogP contribution in [-0.4, -0.2) is 20.1 Å². The van der Waals surface area contributed by atoms with Crippen LogP contribution in [0.2, 0.25) is 0 Å². The summed E-state index contributed by atoms with van der Waals surface area (Å²) in [5.41, 5.74) is 1.66. The number of nitrogens with two attached hydrogens (primary N) is 1. The van der Waals surface area contributed by atoms with Gasteiger partial charge in [0.05, 0.1) is 17.9 Å². The molecule has 1 unspecified atom stereocenters. The highest BCUT2D eigenvalue weighted by molar-refractivity contribution is 7.89. The fourth-order valence-electron chi connectivity index (χ4n) is 3.14. The SMILES string of the molecule is NS(=O)(=O)c1ccc(C2=C(c3ccc(C(F)(F)F)cc3)CC(CF)C2)nc1. The van der Waals surface area contributed by atoms with Gasteiger partial charge in [-0.2, -0.15) is 13.2 Å². The predicted molar refractivity (Wildman–Crippen MR) is 92.6 cm³/mol. The predicted octanol–water partition coefficient (Wildman–Crippen LogP) is 4.04. The highest BCUT2D eigenvalue weighted by atomic mass is 32.2. The molecule has 27 heavy (non-hydrogen) atoms. The van der Waals surface area contributed by atoms with Crippen LogP contribution < -0.4 is 5.14 Å². The summed E-state index contributed by atoms with van der Waals surface area (Å²) in [6, 6.07) is 7.47. The summed E-state index contributed by atoms with van der Waals surface area (Å²) < 4.78 is 74.2. The molecule has 2 aromatic rings. The van der Waals surface area contributed by atoms with Gasteiger partial charge >= 0.3 is 6.18 Å². The molecular formula is C18H16F4N2O2S. The van der Waals surface area contributed by atoms with Crippen molar-refractivity contribution >= 4 is 21.2 Å². The second kappa shape index (κ2) is 7.05. The second-order valence-corrected chi connectivity index (χ2v) is 7.95. The van der Waals surface area contributed by atoms with E-state index >= 15 is 0 Å². The number of halogens is 4. The number of rotatable bonds is 4. The number of pyridine rings is 1. The fraction of sp³-hybridized carbons (Fsp3) is 0.278. The minimum Gasteiger partial charge on any atom is -0.255 e. The van der Waals surface area contributed by atoms with Crippen LogP contribution in [0.3, 0.4) is 0 Å². The Kier molecular flexibility index (Phi) is 5.09. The maximum Gasteiger partial charge on any atom is 0.416 e. The molecule has 0 radical (unpaired) electrons. The maximum atomic E-state index is 13.2. The van der Waals surface area contributed by atoms with Gasteiger partial charge in [-0.1, -0.05) is 12.1 Å². The van der Waals surface area contributed by atoms with Gasteiger partial charge in [0.25, 0.3) is 0 Å². The molecule has 1 aliphatic carbocycles. The van der Waals surface area contributed by atoms with Crippen LogP contribution >= 0.6 is 0 Å². The van der Waals surface area contributed by atoms with E-state index < -0.39 is 28.4 Å². The van der Waals surface area contributed by atoms with Crippen molar-refractivity contribution in [2.24, 2.45) is 11.1 Å². The molecule has 3 rings (SSSR count). The third-order valence-electron chi connectivity index (χ3n) is 4.50. The van der Waals surface area contributed by atoms with Crippen LogP contribution in [-0.2, 0) is 16.2 Å². The van der Waals surface area contributed by atoms with Crippen LogP contribution in [0.4, 0.5) is 17.6 Å². The number of alkyl halides is 4. The number of hydrogen-bond acceptors (Lipinski definition) is 3. The molecule has 0 fully saturated rings. The highest BCUT2D eigenvalue weighted by Gasteiger charge is 2.31. The zero-order valence-corrected chi connectivity index (χ0v) is 14.8. The van der Waals surface area contributed by atoms with E-state index in [9.17, 15) is 26.0 Å². The van der Waals surface area contributed by atoms with Crippen molar-refractivity contribution < 1.29 is 26.0 Å². The molecule has 0 spiro atoms. The number of nitrogens with zero attached hydrogens (tertiary/aromatic N) is 1. The van der Waals surface area contributed by atoms with E-state index in [4.69, 9.17) is 5.14 Å². The average Bonchev–Trinajstić information content (AvgIpc) is 3.05. The van der Waals surface area contributed by atoms with Gasteiger partial charge in [0.15, 0.2) is 0 Å². The topological polar surface area (TPSA) is 73.1 Å². The molecule has 0 amide bonds. The van der Waals surface area contributed by atoms with Crippen molar-refractivity contribution in [3.05, 3.63) is 59.4 Å². The molecule has 4 nitrogen and oxygen atoms in total. The van der Waals surface area contributed by atoms with Gasteiger partial charge in [-0.05, 0) is 59.7 Å².